The number of nitrogens with two attached hydrogens (primary N) is 1. The van der Waals surface area contributed by atoms with E-state index in [1.54, 1.807) is 11.3 Å². The van der Waals surface area contributed by atoms with Gasteiger partial charge in [-0.2, -0.15) is 0 Å². The third kappa shape index (κ3) is 6.61. The molecule has 11 aromatic rings. The second-order valence-electron chi connectivity index (χ2n) is 14.1. The van der Waals surface area contributed by atoms with E-state index in [-0.39, 0.29) is 0 Å². The molecular formula is C52H39N3S2. The molecule has 0 spiro atoms. The summed E-state index contributed by atoms with van der Waals surface area (Å²) < 4.78 is 5.26. The maximum absolute atomic E-state index is 6.31. The first kappa shape index (κ1) is 36.0. The Kier molecular flexibility index (Phi) is 9.77. The van der Waals surface area contributed by atoms with Crippen molar-refractivity contribution in [1.29, 1.82) is 5.41 Å². The van der Waals surface area contributed by atoms with Crippen LogP contribution in [0.15, 0.2) is 181 Å². The lowest BCUT2D eigenvalue weighted by atomic mass is 9.92. The molecule has 3 N–H and O–H groups in total. The van der Waals surface area contributed by atoms with Crippen LogP contribution in [0.5, 0.6) is 0 Å². The van der Waals surface area contributed by atoms with E-state index in [0.717, 1.165) is 11.1 Å². The molecule has 274 valence electrons. The average molecular weight is 770 g/mol. The van der Waals surface area contributed by atoms with Gasteiger partial charge >= 0.3 is 0 Å². The van der Waals surface area contributed by atoms with Gasteiger partial charge < -0.3 is 11.1 Å². The topological polar surface area (TPSA) is 62.2 Å². The highest BCUT2D eigenvalue weighted by Crippen LogP contribution is 2.41. The molecule has 0 fully saturated rings. The number of thiophene rings is 2. The number of nitrogens with zero attached hydrogens (tertiary/aromatic N) is 1. The summed E-state index contributed by atoms with van der Waals surface area (Å²) in [4.78, 5) is 4.60. The number of hydrogen-bond acceptors (Lipinski definition) is 4. The summed E-state index contributed by atoms with van der Waals surface area (Å²) in [5.41, 5.74) is 12.4. The lowest BCUT2D eigenvalue weighted by molar-refractivity contribution is 1.06. The van der Waals surface area contributed by atoms with Gasteiger partial charge in [-0.1, -0.05) is 140 Å². The van der Waals surface area contributed by atoms with Crippen LogP contribution < -0.4 is 5.73 Å². The number of fused-ring (bicyclic) bond motifs is 12. The predicted molar refractivity (Wildman–Crippen MR) is 252 cm³/mol. The second-order valence-corrected chi connectivity index (χ2v) is 16.2. The number of nitrogens with one attached hydrogen (secondary N) is 1. The minimum atomic E-state index is 0.600. The standard InChI is InChI=1S/C31H20S.C20H16N2S.CH3N/c1-19-7-6-12-30-31(19)28-18-21(14-16-29(28)32-30)20-13-15-26-24-10-3-2-8-22(24)23-9-4-5-11-25(23)27(26)17-20;21-20(22-13-14-7-2-1-3-8-14)16-10-6-12-18-19(16)15-9-4-5-11-17(15)23-18;1-2/h2-18H,1H3;1-12H,13H2,(H2,21,22);2H,1H2. The van der Waals surface area contributed by atoms with Crippen LogP contribution in [0.3, 0.4) is 0 Å². The highest BCUT2D eigenvalue weighted by molar-refractivity contribution is 7.26. The Balaban J connectivity index is 0.000000150. The Hall–Kier alpha value is -6.66. The van der Waals surface area contributed by atoms with Crippen molar-refractivity contribution in [2.24, 2.45) is 10.7 Å². The molecule has 0 aliphatic rings. The van der Waals surface area contributed by atoms with Crippen molar-refractivity contribution in [1.82, 2.24) is 0 Å². The van der Waals surface area contributed by atoms with Crippen LogP contribution in [0.25, 0.3) is 83.8 Å². The van der Waals surface area contributed by atoms with E-state index in [2.05, 4.69) is 176 Å². The number of rotatable bonds is 4. The van der Waals surface area contributed by atoms with Crippen LogP contribution in [-0.4, -0.2) is 12.6 Å². The zero-order valence-electron chi connectivity index (χ0n) is 31.5. The van der Waals surface area contributed by atoms with Crippen molar-refractivity contribution in [2.75, 3.05) is 0 Å². The fourth-order valence-corrected chi connectivity index (χ4v) is 10.4. The highest BCUT2D eigenvalue weighted by atomic mass is 32.1. The Morgan fingerprint density at radius 2 is 0.965 bits per heavy atom. The largest absolute Gasteiger partial charge is 0.383 e. The van der Waals surface area contributed by atoms with Crippen molar-refractivity contribution in [2.45, 2.75) is 13.5 Å². The van der Waals surface area contributed by atoms with Gasteiger partial charge in [-0.3, -0.25) is 4.99 Å². The van der Waals surface area contributed by atoms with E-state index in [4.69, 9.17) is 11.1 Å². The van der Waals surface area contributed by atoms with Gasteiger partial charge in [0.05, 0.1) is 6.54 Å². The maximum atomic E-state index is 6.31. The Bertz CT molecular complexity index is 3250. The van der Waals surface area contributed by atoms with Gasteiger partial charge in [-0.25, -0.2) is 0 Å². The molecule has 5 heteroatoms. The third-order valence-electron chi connectivity index (χ3n) is 10.7. The lowest BCUT2D eigenvalue weighted by Crippen LogP contribution is -2.14. The lowest BCUT2D eigenvalue weighted by Gasteiger charge is -2.12. The fraction of sp³-hybridized carbons (Fsp3) is 0.0385. The van der Waals surface area contributed by atoms with Gasteiger partial charge in [0.15, 0.2) is 0 Å². The quantitative estimate of drug-likeness (QED) is 0.104. The molecule has 0 saturated heterocycles. The van der Waals surface area contributed by atoms with Crippen molar-refractivity contribution in [3.05, 3.63) is 193 Å². The molecule has 0 atom stereocenters. The van der Waals surface area contributed by atoms with E-state index in [9.17, 15) is 0 Å². The van der Waals surface area contributed by atoms with Gasteiger partial charge in [0.2, 0.25) is 0 Å². The molecule has 0 radical (unpaired) electrons. The highest BCUT2D eigenvalue weighted by Gasteiger charge is 2.13. The van der Waals surface area contributed by atoms with Gasteiger partial charge in [0.1, 0.15) is 5.84 Å². The summed E-state index contributed by atoms with van der Waals surface area (Å²) in [6.45, 7) is 5.32. The Morgan fingerprint density at radius 3 is 1.65 bits per heavy atom. The molecule has 57 heavy (non-hydrogen) atoms. The summed E-state index contributed by atoms with van der Waals surface area (Å²) in [6.07, 6.45) is 0. The summed E-state index contributed by atoms with van der Waals surface area (Å²) in [5, 5.41) is 18.7. The molecule has 0 aliphatic carbocycles. The van der Waals surface area contributed by atoms with Crippen molar-refractivity contribution in [3.63, 3.8) is 0 Å². The molecule has 3 nitrogen and oxygen atoms in total. The predicted octanol–water partition coefficient (Wildman–Crippen LogP) is 14.7. The number of hydrogen-bond donors (Lipinski definition) is 2. The summed E-state index contributed by atoms with van der Waals surface area (Å²) in [7, 11) is 0. The number of aryl methyl sites for hydroxylation is 1. The van der Waals surface area contributed by atoms with Crippen LogP contribution in [0.4, 0.5) is 0 Å². The van der Waals surface area contributed by atoms with Gasteiger partial charge in [0, 0.05) is 45.9 Å². The minimum Gasteiger partial charge on any atom is -0.383 e. The average Bonchev–Trinajstić information content (AvgIpc) is 3.86. The SMILES string of the molecule is C=N.Cc1cccc2sc3ccc(-c4ccc5c6ccccc6c6ccccc6c5c4)cc3c12.NC(=NCc1ccccc1)c1cccc2sc3ccccc3c12. The van der Waals surface area contributed by atoms with Gasteiger partial charge in [-0.05, 0) is 105 Å². The maximum Gasteiger partial charge on any atom is 0.126 e. The third-order valence-corrected chi connectivity index (χ3v) is 13.0. The van der Waals surface area contributed by atoms with Crippen LogP contribution >= 0.6 is 22.7 Å². The van der Waals surface area contributed by atoms with Crippen molar-refractivity contribution >= 4 is 108 Å². The van der Waals surface area contributed by atoms with Crippen LogP contribution in [0.2, 0.25) is 0 Å². The summed E-state index contributed by atoms with van der Waals surface area (Å²) in [6, 6.07) is 63.0. The zero-order valence-corrected chi connectivity index (χ0v) is 33.1. The first-order valence-electron chi connectivity index (χ1n) is 19.0. The molecule has 11 rings (SSSR count). The fourth-order valence-electron chi connectivity index (χ4n) is 8.10. The number of aliphatic imine (C=N–C) groups is 1. The normalized spacial score (nSPS) is 11.6. The van der Waals surface area contributed by atoms with Gasteiger partial charge in [0.25, 0.3) is 0 Å². The molecule has 0 bridgehead atoms. The number of amidine groups is 1. The van der Waals surface area contributed by atoms with E-state index in [0.29, 0.717) is 12.4 Å². The van der Waals surface area contributed by atoms with Gasteiger partial charge in [-0.15, -0.1) is 22.7 Å². The van der Waals surface area contributed by atoms with E-state index in [1.165, 1.54) is 89.4 Å². The molecule has 9 aromatic carbocycles. The molecule has 2 heterocycles. The summed E-state index contributed by atoms with van der Waals surface area (Å²) >= 11 is 3.68. The Labute approximate surface area is 339 Å². The van der Waals surface area contributed by atoms with Crippen molar-refractivity contribution in [3.8, 4) is 11.1 Å². The molecule has 2 aromatic heterocycles. The van der Waals surface area contributed by atoms with E-state index < -0.39 is 0 Å². The molecule has 0 saturated carbocycles. The smallest absolute Gasteiger partial charge is 0.126 e. The van der Waals surface area contributed by atoms with Crippen LogP contribution in [0, 0.1) is 12.3 Å². The van der Waals surface area contributed by atoms with Crippen molar-refractivity contribution < 1.29 is 0 Å². The Morgan fingerprint density at radius 1 is 0.474 bits per heavy atom. The van der Waals surface area contributed by atoms with E-state index in [1.807, 2.05) is 29.5 Å². The summed E-state index contributed by atoms with van der Waals surface area (Å²) in [5.74, 6) is 0.600. The first-order chi connectivity index (χ1) is 28.1. The number of benzene rings is 9. The van der Waals surface area contributed by atoms with E-state index >= 15 is 0 Å². The molecule has 0 unspecified atom stereocenters. The molecule has 0 amide bonds. The van der Waals surface area contributed by atoms with Crippen LogP contribution in [0.1, 0.15) is 16.7 Å². The first-order valence-corrected chi connectivity index (χ1v) is 20.6. The molecule has 0 aliphatic heterocycles. The molecular weight excluding hydrogens is 731 g/mol. The minimum absolute atomic E-state index is 0.600. The monoisotopic (exact) mass is 769 g/mol. The van der Waals surface area contributed by atoms with Crippen LogP contribution in [-0.2, 0) is 6.54 Å². The zero-order chi connectivity index (χ0) is 38.9. The second kappa shape index (κ2) is 15.5.